The molecule has 0 aliphatic heterocycles. The second-order valence-electron chi connectivity index (χ2n) is 5.81. The van der Waals surface area contributed by atoms with Gasteiger partial charge in [0.05, 0.1) is 11.9 Å². The molecule has 0 saturated heterocycles. The summed E-state index contributed by atoms with van der Waals surface area (Å²) in [5, 5.41) is 4.18. The number of nitrogens with one attached hydrogen (secondary N) is 3. The monoisotopic (exact) mass is 336 g/mol. The maximum atomic E-state index is 12.5. The van der Waals surface area contributed by atoms with Gasteiger partial charge in [-0.2, -0.15) is 0 Å². The molecule has 3 heterocycles. The molecule has 0 saturated carbocycles. The summed E-state index contributed by atoms with van der Waals surface area (Å²) in [4.78, 5) is 34.1. The van der Waals surface area contributed by atoms with E-state index in [0.717, 1.165) is 16.5 Å². The van der Waals surface area contributed by atoms with Crippen LogP contribution in [0.1, 0.15) is 21.7 Å². The summed E-state index contributed by atoms with van der Waals surface area (Å²) in [5.41, 5.74) is 2.22. The van der Waals surface area contributed by atoms with Gasteiger partial charge in [-0.25, -0.2) is 4.98 Å². The molecule has 0 fully saturated rings. The van der Waals surface area contributed by atoms with Crippen molar-refractivity contribution in [2.45, 2.75) is 13.3 Å². The molecule has 0 radical (unpaired) electrons. The zero-order valence-electron chi connectivity index (χ0n) is 13.6. The summed E-state index contributed by atoms with van der Waals surface area (Å²) >= 11 is 0. The number of rotatable bonds is 4. The molecule has 126 valence electrons. The number of H-pyrrole nitrogens is 2. The van der Waals surface area contributed by atoms with Crippen LogP contribution in [-0.2, 0) is 6.42 Å². The summed E-state index contributed by atoms with van der Waals surface area (Å²) in [7, 11) is 0. The van der Waals surface area contributed by atoms with Gasteiger partial charge in [-0.05, 0) is 25.0 Å². The normalized spacial score (nSPS) is 11.2. The van der Waals surface area contributed by atoms with Crippen molar-refractivity contribution in [3.8, 4) is 0 Å². The van der Waals surface area contributed by atoms with Crippen molar-refractivity contribution in [1.29, 1.82) is 0 Å². The number of aromatic nitrogens is 3. The molecule has 25 heavy (non-hydrogen) atoms. The van der Waals surface area contributed by atoms with Crippen LogP contribution in [0.15, 0.2) is 46.0 Å². The first-order valence-electron chi connectivity index (χ1n) is 7.95. The minimum absolute atomic E-state index is 0.169. The fourth-order valence-corrected chi connectivity index (χ4v) is 3.06. The molecule has 0 spiro atoms. The number of furan rings is 1. The second kappa shape index (κ2) is 5.94. The maximum absolute atomic E-state index is 12.5. The molecular weight excluding hydrogens is 320 g/mol. The summed E-state index contributed by atoms with van der Waals surface area (Å²) in [6.07, 6.45) is 3.88. The fourth-order valence-electron chi connectivity index (χ4n) is 3.06. The molecule has 7 heteroatoms. The first-order valence-corrected chi connectivity index (χ1v) is 7.95. The Balaban J connectivity index is 1.53. The van der Waals surface area contributed by atoms with Crippen LogP contribution in [0, 0.1) is 6.92 Å². The predicted molar refractivity (Wildman–Crippen MR) is 93.7 cm³/mol. The third kappa shape index (κ3) is 2.59. The van der Waals surface area contributed by atoms with E-state index in [-0.39, 0.29) is 28.1 Å². The van der Waals surface area contributed by atoms with Gasteiger partial charge in [-0.1, -0.05) is 18.2 Å². The van der Waals surface area contributed by atoms with Crippen LogP contribution >= 0.6 is 0 Å². The fraction of sp³-hybridized carbons (Fsp3) is 0.167. The van der Waals surface area contributed by atoms with Crippen molar-refractivity contribution < 1.29 is 9.21 Å². The average molecular weight is 336 g/mol. The Morgan fingerprint density at radius 2 is 2.12 bits per heavy atom. The molecule has 0 aliphatic rings. The number of carbonyl (C=O) groups excluding carboxylic acids is 1. The van der Waals surface area contributed by atoms with Crippen LogP contribution in [0.4, 0.5) is 0 Å². The number of carbonyl (C=O) groups is 1. The Morgan fingerprint density at radius 1 is 1.28 bits per heavy atom. The molecule has 0 atom stereocenters. The average Bonchev–Trinajstić information content (AvgIpc) is 3.16. The highest BCUT2D eigenvalue weighted by Crippen LogP contribution is 2.21. The Labute approximate surface area is 142 Å². The second-order valence-corrected chi connectivity index (χ2v) is 5.81. The summed E-state index contributed by atoms with van der Waals surface area (Å²) < 4.78 is 5.41. The highest BCUT2D eigenvalue weighted by molar-refractivity contribution is 6.06. The number of benzene rings is 1. The Bertz CT molecular complexity index is 1140. The lowest BCUT2D eigenvalue weighted by molar-refractivity contribution is 0.0954. The summed E-state index contributed by atoms with van der Waals surface area (Å²) in [5.74, 6) is 0.0402. The summed E-state index contributed by atoms with van der Waals surface area (Å²) in [6.45, 7) is 2.10. The van der Waals surface area contributed by atoms with Gasteiger partial charge < -0.3 is 19.7 Å². The number of para-hydroxylation sites is 1. The van der Waals surface area contributed by atoms with Crippen LogP contribution < -0.4 is 10.9 Å². The van der Waals surface area contributed by atoms with Crippen LogP contribution in [0.3, 0.4) is 0 Å². The van der Waals surface area contributed by atoms with E-state index in [0.29, 0.717) is 18.7 Å². The predicted octanol–water partition coefficient (Wildman–Crippen LogP) is 2.28. The number of hydrogen-bond donors (Lipinski definition) is 3. The lowest BCUT2D eigenvalue weighted by Gasteiger charge is -2.04. The van der Waals surface area contributed by atoms with E-state index in [1.54, 1.807) is 6.92 Å². The van der Waals surface area contributed by atoms with E-state index < -0.39 is 0 Å². The molecule has 7 nitrogen and oxygen atoms in total. The smallest absolute Gasteiger partial charge is 0.262 e. The molecule has 3 N–H and O–H groups in total. The number of aromatic amines is 2. The Hall–Kier alpha value is -3.35. The van der Waals surface area contributed by atoms with Gasteiger partial charge in [0.25, 0.3) is 11.5 Å². The van der Waals surface area contributed by atoms with E-state index in [1.807, 2.05) is 30.5 Å². The van der Waals surface area contributed by atoms with Crippen molar-refractivity contribution in [3.63, 3.8) is 0 Å². The zero-order chi connectivity index (χ0) is 17.4. The zero-order valence-corrected chi connectivity index (χ0v) is 13.6. The topological polar surface area (TPSA) is 104 Å². The lowest BCUT2D eigenvalue weighted by Crippen LogP contribution is -2.27. The van der Waals surface area contributed by atoms with Crippen molar-refractivity contribution in [2.75, 3.05) is 6.54 Å². The largest absolute Gasteiger partial charge is 0.442 e. The molecule has 1 amide bonds. The lowest BCUT2D eigenvalue weighted by atomic mass is 10.1. The first kappa shape index (κ1) is 15.2. The van der Waals surface area contributed by atoms with Gasteiger partial charge in [-0.3, -0.25) is 9.59 Å². The highest BCUT2D eigenvalue weighted by Gasteiger charge is 2.21. The van der Waals surface area contributed by atoms with Gasteiger partial charge in [0.1, 0.15) is 11.1 Å². The van der Waals surface area contributed by atoms with Gasteiger partial charge in [0.2, 0.25) is 5.71 Å². The minimum Gasteiger partial charge on any atom is -0.442 e. The van der Waals surface area contributed by atoms with Crippen LogP contribution in [0.25, 0.3) is 22.0 Å². The number of aryl methyl sites for hydroxylation is 1. The Kier molecular flexibility index (Phi) is 3.61. The Morgan fingerprint density at radius 3 is 3.00 bits per heavy atom. The number of fused-ring (bicyclic) bond motifs is 2. The van der Waals surface area contributed by atoms with E-state index in [2.05, 4.69) is 20.3 Å². The molecular formula is C18H16N4O3. The van der Waals surface area contributed by atoms with Crippen LogP contribution in [-0.4, -0.2) is 27.4 Å². The van der Waals surface area contributed by atoms with Gasteiger partial charge in [-0.15, -0.1) is 0 Å². The van der Waals surface area contributed by atoms with E-state index in [4.69, 9.17) is 4.42 Å². The van der Waals surface area contributed by atoms with Gasteiger partial charge >= 0.3 is 0 Å². The molecule has 0 bridgehead atoms. The standard InChI is InChI=1S/C18H16N4O3/c1-10-14(15-17(24)21-9-22-18(15)25-10)16(23)19-7-6-11-8-20-13-5-3-2-4-12(11)13/h2-5,8-9,20H,6-7H2,1H3,(H,19,23)(H,21,22,24). The van der Waals surface area contributed by atoms with Gasteiger partial charge in [0.15, 0.2) is 0 Å². The van der Waals surface area contributed by atoms with Crippen molar-refractivity contribution in [1.82, 2.24) is 20.3 Å². The van der Waals surface area contributed by atoms with E-state index in [9.17, 15) is 9.59 Å². The molecule has 1 aromatic carbocycles. The molecule has 3 aromatic heterocycles. The van der Waals surface area contributed by atoms with E-state index in [1.165, 1.54) is 6.33 Å². The molecule has 4 aromatic rings. The maximum Gasteiger partial charge on any atom is 0.262 e. The minimum atomic E-state index is -0.386. The quantitative estimate of drug-likeness (QED) is 0.532. The SMILES string of the molecule is Cc1oc2nc[nH]c(=O)c2c1C(=O)NCCc1c[nH]c2ccccc12. The number of hydrogen-bond acceptors (Lipinski definition) is 4. The van der Waals surface area contributed by atoms with Crippen molar-refractivity contribution >= 4 is 27.9 Å². The highest BCUT2D eigenvalue weighted by atomic mass is 16.3. The van der Waals surface area contributed by atoms with Crippen molar-refractivity contribution in [2.24, 2.45) is 0 Å². The summed E-state index contributed by atoms with van der Waals surface area (Å²) in [6, 6.07) is 8.01. The first-order chi connectivity index (χ1) is 12.1. The third-order valence-corrected chi connectivity index (χ3v) is 4.25. The van der Waals surface area contributed by atoms with E-state index >= 15 is 0 Å². The molecule has 4 rings (SSSR count). The molecule has 0 aliphatic carbocycles. The van der Waals surface area contributed by atoms with Crippen LogP contribution in [0.2, 0.25) is 0 Å². The molecule has 0 unspecified atom stereocenters. The third-order valence-electron chi connectivity index (χ3n) is 4.25. The van der Waals surface area contributed by atoms with Gasteiger partial charge in [0, 0.05) is 23.6 Å². The van der Waals surface area contributed by atoms with Crippen molar-refractivity contribution in [3.05, 3.63) is 64.0 Å². The number of nitrogens with zero attached hydrogens (tertiary/aromatic N) is 1. The number of amides is 1. The van der Waals surface area contributed by atoms with Crippen LogP contribution in [0.5, 0.6) is 0 Å².